The van der Waals surface area contributed by atoms with Gasteiger partial charge in [0.2, 0.25) is 5.95 Å². The molecule has 0 saturated carbocycles. The van der Waals surface area contributed by atoms with E-state index in [1.54, 1.807) is 4.68 Å². The van der Waals surface area contributed by atoms with Crippen molar-refractivity contribution >= 4 is 5.95 Å². The monoisotopic (exact) mass is 218 g/mol. The van der Waals surface area contributed by atoms with Crippen LogP contribution in [-0.2, 0) is 6.42 Å². The molecule has 2 N–H and O–H groups in total. The number of rotatable bonds is 2. The highest BCUT2D eigenvalue weighted by molar-refractivity contribution is 5.38. The Balaban J connectivity index is 0.000000606. The maximum Gasteiger partial charge on any atom is 0.223 e. The summed E-state index contributed by atoms with van der Waals surface area (Å²) in [6.45, 7) is 6.12. The fourth-order valence-electron chi connectivity index (χ4n) is 1.32. The Labute approximate surface area is 96.1 Å². The predicted octanol–water partition coefficient (Wildman–Crippen LogP) is 2.44. The number of benzene rings is 1. The summed E-state index contributed by atoms with van der Waals surface area (Å²) in [5.74, 6) is 0.411. The molecule has 0 saturated heterocycles. The molecular formula is C12H18N4. The average molecular weight is 218 g/mol. The van der Waals surface area contributed by atoms with Gasteiger partial charge in [0.1, 0.15) is 6.33 Å². The van der Waals surface area contributed by atoms with Gasteiger partial charge in [-0.1, -0.05) is 32.9 Å². The Kier molecular flexibility index (Phi) is 4.51. The third-order valence-corrected chi connectivity index (χ3v) is 2.16. The van der Waals surface area contributed by atoms with Crippen molar-refractivity contribution in [2.75, 3.05) is 5.73 Å². The lowest BCUT2D eigenvalue weighted by molar-refractivity contribution is 0.889. The van der Waals surface area contributed by atoms with E-state index in [4.69, 9.17) is 5.73 Å². The first-order valence-corrected chi connectivity index (χ1v) is 5.56. The van der Waals surface area contributed by atoms with Gasteiger partial charge in [-0.3, -0.25) is 0 Å². The number of hydrogen-bond donors (Lipinski definition) is 1. The predicted molar refractivity (Wildman–Crippen MR) is 66.5 cm³/mol. The maximum atomic E-state index is 5.63. The zero-order chi connectivity index (χ0) is 12.0. The molecule has 0 fully saturated rings. The lowest BCUT2D eigenvalue weighted by Gasteiger charge is -2.03. The van der Waals surface area contributed by atoms with Crippen molar-refractivity contribution in [1.29, 1.82) is 0 Å². The second-order valence-corrected chi connectivity index (χ2v) is 3.05. The molecule has 4 nitrogen and oxygen atoms in total. The molecule has 0 atom stereocenters. The van der Waals surface area contributed by atoms with Gasteiger partial charge in [0.25, 0.3) is 0 Å². The van der Waals surface area contributed by atoms with Crippen molar-refractivity contribution in [3.63, 3.8) is 0 Å². The zero-order valence-electron chi connectivity index (χ0n) is 10.0. The molecule has 16 heavy (non-hydrogen) atoms. The number of nitrogen functional groups attached to an aromatic ring is 1. The molecule has 0 aliphatic carbocycles. The number of hydrogen-bond acceptors (Lipinski definition) is 3. The maximum absolute atomic E-state index is 5.63. The van der Waals surface area contributed by atoms with E-state index in [1.165, 1.54) is 11.9 Å². The van der Waals surface area contributed by atoms with Crippen LogP contribution in [0.5, 0.6) is 0 Å². The number of aryl methyl sites for hydroxylation is 1. The van der Waals surface area contributed by atoms with Gasteiger partial charge < -0.3 is 5.73 Å². The molecular weight excluding hydrogens is 200 g/mol. The van der Waals surface area contributed by atoms with Crippen molar-refractivity contribution in [3.8, 4) is 5.69 Å². The molecule has 0 spiro atoms. The first-order chi connectivity index (χ1) is 7.81. The fraction of sp³-hybridized carbons (Fsp3) is 0.333. The van der Waals surface area contributed by atoms with Gasteiger partial charge >= 0.3 is 0 Å². The van der Waals surface area contributed by atoms with Gasteiger partial charge in [-0.05, 0) is 24.1 Å². The fourth-order valence-corrected chi connectivity index (χ4v) is 1.32. The highest BCUT2D eigenvalue weighted by Gasteiger charge is 2.01. The first-order valence-electron chi connectivity index (χ1n) is 5.56. The van der Waals surface area contributed by atoms with Crippen LogP contribution in [0.4, 0.5) is 5.95 Å². The number of nitrogens with zero attached hydrogens (tertiary/aromatic N) is 3. The molecule has 0 radical (unpaired) electrons. The van der Waals surface area contributed by atoms with Gasteiger partial charge in [-0.25, -0.2) is 0 Å². The Morgan fingerprint density at radius 1 is 1.19 bits per heavy atom. The SMILES string of the molecule is CC.CCc1ccc(-n2ncnc2N)cc1. The molecule has 0 aliphatic rings. The van der Waals surface area contributed by atoms with Crippen LogP contribution in [0.25, 0.3) is 5.69 Å². The summed E-state index contributed by atoms with van der Waals surface area (Å²) in [6, 6.07) is 8.11. The molecule has 86 valence electrons. The van der Waals surface area contributed by atoms with E-state index >= 15 is 0 Å². The summed E-state index contributed by atoms with van der Waals surface area (Å²) in [5, 5.41) is 4.02. The molecule has 2 aromatic rings. The molecule has 2 rings (SSSR count). The summed E-state index contributed by atoms with van der Waals surface area (Å²) in [6.07, 6.45) is 2.48. The van der Waals surface area contributed by atoms with Gasteiger partial charge in [-0.2, -0.15) is 14.8 Å². The van der Waals surface area contributed by atoms with E-state index in [-0.39, 0.29) is 0 Å². The van der Waals surface area contributed by atoms with Crippen LogP contribution in [0, 0.1) is 0 Å². The largest absolute Gasteiger partial charge is 0.368 e. The van der Waals surface area contributed by atoms with Gasteiger partial charge in [-0.15, -0.1) is 0 Å². The molecule has 0 amide bonds. The quantitative estimate of drug-likeness (QED) is 0.842. The average Bonchev–Trinajstić information content (AvgIpc) is 2.78. The van der Waals surface area contributed by atoms with Crippen LogP contribution >= 0.6 is 0 Å². The highest BCUT2D eigenvalue weighted by Crippen LogP contribution is 2.11. The van der Waals surface area contributed by atoms with Crippen molar-refractivity contribution in [1.82, 2.24) is 14.8 Å². The van der Waals surface area contributed by atoms with E-state index in [0.29, 0.717) is 5.95 Å². The minimum absolute atomic E-state index is 0.411. The van der Waals surface area contributed by atoms with Crippen LogP contribution in [-0.4, -0.2) is 14.8 Å². The van der Waals surface area contributed by atoms with Crippen molar-refractivity contribution in [3.05, 3.63) is 36.2 Å². The molecule has 1 aromatic heterocycles. The van der Waals surface area contributed by atoms with Crippen LogP contribution in [0.15, 0.2) is 30.6 Å². The van der Waals surface area contributed by atoms with Gasteiger partial charge in [0.05, 0.1) is 5.69 Å². The standard InChI is InChI=1S/C10H12N4.C2H6/c1-2-8-3-5-9(6-4-8)14-10(11)12-7-13-14;1-2/h3-7H,2H2,1H3,(H2,11,12,13);1-2H3. The molecule has 4 heteroatoms. The number of nitrogens with two attached hydrogens (primary N) is 1. The summed E-state index contributed by atoms with van der Waals surface area (Å²) in [4.78, 5) is 3.87. The normalized spacial score (nSPS) is 9.44. The second-order valence-electron chi connectivity index (χ2n) is 3.05. The topological polar surface area (TPSA) is 56.7 Å². The van der Waals surface area contributed by atoms with E-state index in [0.717, 1.165) is 12.1 Å². The van der Waals surface area contributed by atoms with Crippen LogP contribution in [0.3, 0.4) is 0 Å². The van der Waals surface area contributed by atoms with E-state index < -0.39 is 0 Å². The number of anilines is 1. The summed E-state index contributed by atoms with van der Waals surface area (Å²) in [7, 11) is 0. The first kappa shape index (κ1) is 12.2. The van der Waals surface area contributed by atoms with Crippen molar-refractivity contribution in [2.45, 2.75) is 27.2 Å². The Bertz CT molecular complexity index is 417. The Hall–Kier alpha value is -1.84. The van der Waals surface area contributed by atoms with E-state index in [1.807, 2.05) is 26.0 Å². The van der Waals surface area contributed by atoms with Crippen LogP contribution < -0.4 is 5.73 Å². The summed E-state index contributed by atoms with van der Waals surface area (Å²) < 4.78 is 1.61. The molecule has 0 bridgehead atoms. The molecule has 0 aliphatic heterocycles. The second kappa shape index (κ2) is 5.90. The lowest BCUT2D eigenvalue weighted by Crippen LogP contribution is -2.02. The van der Waals surface area contributed by atoms with E-state index in [9.17, 15) is 0 Å². The zero-order valence-corrected chi connectivity index (χ0v) is 10.0. The minimum Gasteiger partial charge on any atom is -0.368 e. The molecule has 1 aromatic carbocycles. The Morgan fingerprint density at radius 3 is 2.25 bits per heavy atom. The molecule has 0 unspecified atom stereocenters. The third-order valence-electron chi connectivity index (χ3n) is 2.16. The molecule has 1 heterocycles. The van der Waals surface area contributed by atoms with Crippen molar-refractivity contribution < 1.29 is 0 Å². The number of aromatic nitrogens is 3. The lowest BCUT2D eigenvalue weighted by atomic mass is 10.1. The van der Waals surface area contributed by atoms with Crippen LogP contribution in [0.1, 0.15) is 26.3 Å². The highest BCUT2D eigenvalue weighted by atomic mass is 15.4. The third kappa shape index (κ3) is 2.59. The van der Waals surface area contributed by atoms with Crippen molar-refractivity contribution in [2.24, 2.45) is 0 Å². The minimum atomic E-state index is 0.411. The Morgan fingerprint density at radius 2 is 1.81 bits per heavy atom. The van der Waals surface area contributed by atoms with Gasteiger partial charge in [0, 0.05) is 0 Å². The van der Waals surface area contributed by atoms with E-state index in [2.05, 4.69) is 29.1 Å². The van der Waals surface area contributed by atoms with Crippen LogP contribution in [0.2, 0.25) is 0 Å². The van der Waals surface area contributed by atoms with Gasteiger partial charge in [0.15, 0.2) is 0 Å². The summed E-state index contributed by atoms with van der Waals surface area (Å²) in [5.41, 5.74) is 7.87. The smallest absolute Gasteiger partial charge is 0.223 e. The summed E-state index contributed by atoms with van der Waals surface area (Å²) >= 11 is 0.